The number of rotatable bonds is 1. The summed E-state index contributed by atoms with van der Waals surface area (Å²) in [5.41, 5.74) is 2.45. The average Bonchev–Trinajstić information content (AvgIpc) is 2.30. The number of hydrogen-bond donors (Lipinski definition) is 0. The molecule has 2 rings (SSSR count). The van der Waals surface area contributed by atoms with Gasteiger partial charge in [-0.25, -0.2) is 0 Å². The minimum atomic E-state index is 0. The summed E-state index contributed by atoms with van der Waals surface area (Å²) in [5.74, 6) is 0. The Bertz CT molecular complexity index is 474. The van der Waals surface area contributed by atoms with E-state index in [1.807, 2.05) is 24.3 Å². The van der Waals surface area contributed by atoms with E-state index >= 15 is 0 Å². The standard InChI is InChI=1S/C12H7N2.K/c13-9-10-6-7-14-12(8-10)11-4-2-1-3-5-11;/h2-8H;/q-1;+1. The van der Waals surface area contributed by atoms with Crippen molar-refractivity contribution >= 4 is 0 Å². The molecular weight excluding hydrogens is 211 g/mol. The molecule has 0 unspecified atom stereocenters. The van der Waals surface area contributed by atoms with E-state index in [0.29, 0.717) is 5.56 Å². The Labute approximate surface area is 131 Å². The van der Waals surface area contributed by atoms with Crippen molar-refractivity contribution in [2.75, 3.05) is 0 Å². The normalized spacial score (nSPS) is 8.73. The molecule has 1 aromatic heterocycles. The second-order valence-corrected chi connectivity index (χ2v) is 2.83. The number of pyridine rings is 1. The van der Waals surface area contributed by atoms with Crippen molar-refractivity contribution in [1.29, 1.82) is 5.26 Å². The van der Waals surface area contributed by atoms with E-state index in [2.05, 4.69) is 17.1 Å². The van der Waals surface area contributed by atoms with Crippen LogP contribution in [0.2, 0.25) is 0 Å². The molecule has 0 aliphatic carbocycles. The molecule has 0 N–H and O–H groups in total. The van der Waals surface area contributed by atoms with E-state index in [1.165, 1.54) is 0 Å². The molecule has 0 atom stereocenters. The van der Waals surface area contributed by atoms with Crippen molar-refractivity contribution in [1.82, 2.24) is 4.98 Å². The number of nitrogens with zero attached hydrogens (tertiary/aromatic N) is 2. The first kappa shape index (κ1) is 12.6. The van der Waals surface area contributed by atoms with Gasteiger partial charge < -0.3 is 0 Å². The summed E-state index contributed by atoms with van der Waals surface area (Å²) < 4.78 is 0. The van der Waals surface area contributed by atoms with Crippen LogP contribution >= 0.6 is 0 Å². The zero-order valence-electron chi connectivity index (χ0n) is 8.44. The summed E-state index contributed by atoms with van der Waals surface area (Å²) in [6, 6.07) is 16.0. The minimum absolute atomic E-state index is 0. The third-order valence-electron chi connectivity index (χ3n) is 1.90. The van der Waals surface area contributed by atoms with Gasteiger partial charge in [0.1, 0.15) is 0 Å². The Morgan fingerprint density at radius 3 is 2.60 bits per heavy atom. The fourth-order valence-electron chi connectivity index (χ4n) is 1.22. The molecule has 15 heavy (non-hydrogen) atoms. The fourth-order valence-corrected chi connectivity index (χ4v) is 1.22. The second kappa shape index (κ2) is 6.16. The first-order valence-corrected chi connectivity index (χ1v) is 4.23. The predicted octanol–water partition coefficient (Wildman–Crippen LogP) is -0.576. The first-order valence-electron chi connectivity index (χ1n) is 4.23. The predicted molar refractivity (Wildman–Crippen MR) is 53.2 cm³/mol. The van der Waals surface area contributed by atoms with Gasteiger partial charge in [0.15, 0.2) is 0 Å². The molecule has 0 amide bonds. The largest absolute Gasteiger partial charge is 1.00 e. The maximum absolute atomic E-state index is 8.72. The molecule has 0 aliphatic heterocycles. The Morgan fingerprint density at radius 1 is 1.20 bits per heavy atom. The SMILES string of the molecule is N#Cc1ccnc(-c2cc[c-]cc2)c1.[K+]. The number of aromatic nitrogens is 1. The van der Waals surface area contributed by atoms with Crippen molar-refractivity contribution in [3.63, 3.8) is 0 Å². The van der Waals surface area contributed by atoms with E-state index in [-0.39, 0.29) is 51.4 Å². The molecule has 0 spiro atoms. The monoisotopic (exact) mass is 218 g/mol. The topological polar surface area (TPSA) is 36.7 Å². The molecule has 0 fully saturated rings. The van der Waals surface area contributed by atoms with Gasteiger partial charge in [-0.05, 0) is 12.1 Å². The molecule has 1 heterocycles. The zero-order chi connectivity index (χ0) is 9.80. The van der Waals surface area contributed by atoms with Gasteiger partial charge in [0.25, 0.3) is 0 Å². The van der Waals surface area contributed by atoms with Crippen LogP contribution in [-0.4, -0.2) is 4.98 Å². The molecule has 0 aliphatic rings. The van der Waals surface area contributed by atoms with Crippen LogP contribution in [0.15, 0.2) is 42.6 Å². The second-order valence-electron chi connectivity index (χ2n) is 2.83. The van der Waals surface area contributed by atoms with E-state index in [9.17, 15) is 0 Å². The van der Waals surface area contributed by atoms with Crippen molar-refractivity contribution < 1.29 is 51.4 Å². The molecule has 0 saturated carbocycles. The van der Waals surface area contributed by atoms with Gasteiger partial charge in [0.2, 0.25) is 0 Å². The van der Waals surface area contributed by atoms with Crippen LogP contribution in [-0.2, 0) is 0 Å². The number of benzene rings is 1. The maximum Gasteiger partial charge on any atom is 1.00 e. The van der Waals surface area contributed by atoms with Gasteiger partial charge in [-0.1, -0.05) is 0 Å². The quantitative estimate of drug-likeness (QED) is 0.474. The van der Waals surface area contributed by atoms with Gasteiger partial charge >= 0.3 is 51.4 Å². The Morgan fingerprint density at radius 2 is 1.93 bits per heavy atom. The first-order chi connectivity index (χ1) is 6.90. The minimum Gasteiger partial charge on any atom is -0.258 e. The van der Waals surface area contributed by atoms with Crippen molar-refractivity contribution in [2.24, 2.45) is 0 Å². The van der Waals surface area contributed by atoms with Gasteiger partial charge in [-0.15, -0.1) is 5.56 Å². The molecule has 66 valence electrons. The van der Waals surface area contributed by atoms with Gasteiger partial charge in [-0.2, -0.15) is 35.6 Å². The zero-order valence-corrected chi connectivity index (χ0v) is 11.6. The molecule has 2 aromatic rings. The van der Waals surface area contributed by atoms with Crippen LogP contribution in [0.3, 0.4) is 0 Å². The number of nitriles is 1. The summed E-state index contributed by atoms with van der Waals surface area (Å²) in [6.45, 7) is 0. The Kier molecular flexibility index (Phi) is 5.16. The smallest absolute Gasteiger partial charge is 0.258 e. The van der Waals surface area contributed by atoms with E-state index < -0.39 is 0 Å². The fraction of sp³-hybridized carbons (Fsp3) is 0. The molecule has 1 aromatic carbocycles. The van der Waals surface area contributed by atoms with Crippen LogP contribution in [0.4, 0.5) is 0 Å². The van der Waals surface area contributed by atoms with Crippen LogP contribution in [0.5, 0.6) is 0 Å². The van der Waals surface area contributed by atoms with Crippen LogP contribution in [0.25, 0.3) is 11.3 Å². The Hall–Kier alpha value is -0.504. The average molecular weight is 218 g/mol. The summed E-state index contributed by atoms with van der Waals surface area (Å²) in [7, 11) is 0. The maximum atomic E-state index is 8.72. The molecule has 3 heteroatoms. The van der Waals surface area contributed by atoms with Crippen molar-refractivity contribution in [3.05, 3.63) is 54.2 Å². The summed E-state index contributed by atoms with van der Waals surface area (Å²) in [5, 5.41) is 8.72. The molecular formula is C12H7KN2. The van der Waals surface area contributed by atoms with Crippen molar-refractivity contribution in [3.8, 4) is 17.3 Å². The van der Waals surface area contributed by atoms with Crippen LogP contribution in [0.1, 0.15) is 5.56 Å². The third-order valence-corrected chi connectivity index (χ3v) is 1.90. The molecule has 0 saturated heterocycles. The van der Waals surface area contributed by atoms with Crippen molar-refractivity contribution in [2.45, 2.75) is 0 Å². The van der Waals surface area contributed by atoms with Gasteiger partial charge in [0.05, 0.1) is 11.6 Å². The summed E-state index contributed by atoms with van der Waals surface area (Å²) in [4.78, 5) is 4.19. The summed E-state index contributed by atoms with van der Waals surface area (Å²) >= 11 is 0. The van der Waals surface area contributed by atoms with Crippen LogP contribution < -0.4 is 51.4 Å². The van der Waals surface area contributed by atoms with Gasteiger partial charge in [-0.3, -0.25) is 4.98 Å². The molecule has 2 nitrogen and oxygen atoms in total. The van der Waals surface area contributed by atoms with E-state index in [0.717, 1.165) is 11.3 Å². The Balaban J connectivity index is 0.00000112. The van der Waals surface area contributed by atoms with Gasteiger partial charge in [0, 0.05) is 11.9 Å². The third kappa shape index (κ3) is 3.23. The van der Waals surface area contributed by atoms with E-state index in [4.69, 9.17) is 5.26 Å². The van der Waals surface area contributed by atoms with E-state index in [1.54, 1.807) is 18.3 Å². The molecule has 0 radical (unpaired) electrons. The molecule has 0 bridgehead atoms. The number of hydrogen-bond acceptors (Lipinski definition) is 2. The summed E-state index contributed by atoms with van der Waals surface area (Å²) in [6.07, 6.45) is 1.64. The van der Waals surface area contributed by atoms with Crippen LogP contribution in [0, 0.1) is 17.4 Å².